The molecular weight excluding hydrogens is 334 g/mol. The third kappa shape index (κ3) is 3.76. The van der Waals surface area contributed by atoms with Gasteiger partial charge in [-0.1, -0.05) is 34.1 Å². The molecule has 2 aromatic carbocycles. The van der Waals surface area contributed by atoms with Crippen LogP contribution in [-0.2, 0) is 4.79 Å². The molecule has 0 aliphatic carbocycles. The minimum absolute atomic E-state index is 0.677. The monoisotopic (exact) mass is 349 g/mol. The molecule has 0 radical (unpaired) electrons. The first-order chi connectivity index (χ1) is 10.0. The summed E-state index contributed by atoms with van der Waals surface area (Å²) in [6, 6.07) is 11.9. The number of hydrogen-bond acceptors (Lipinski definition) is 3. The molecule has 0 spiro atoms. The first-order valence-corrected chi connectivity index (χ1v) is 7.20. The van der Waals surface area contributed by atoms with Gasteiger partial charge >= 0.3 is 5.97 Å². The van der Waals surface area contributed by atoms with Crippen molar-refractivity contribution in [2.75, 3.05) is 12.4 Å². The first-order valence-electron chi connectivity index (χ1n) is 6.40. The predicted molar refractivity (Wildman–Crippen MR) is 85.9 cm³/mol. The zero-order chi connectivity index (χ0) is 15.4. The van der Waals surface area contributed by atoms with Crippen LogP contribution in [0, 0.1) is 6.92 Å². The molecule has 0 fully saturated rings. The van der Waals surface area contributed by atoms with Crippen LogP contribution in [0.1, 0.15) is 17.2 Å². The summed E-state index contributed by atoms with van der Waals surface area (Å²) in [6.45, 7) is 1.93. The summed E-state index contributed by atoms with van der Waals surface area (Å²) < 4.78 is 6.10. The summed E-state index contributed by atoms with van der Waals surface area (Å²) in [5.41, 5.74) is 2.39. The molecule has 0 amide bonds. The van der Waals surface area contributed by atoms with Crippen LogP contribution in [0.4, 0.5) is 5.69 Å². The number of benzene rings is 2. The fourth-order valence-electron chi connectivity index (χ4n) is 2.01. The molecule has 5 heteroatoms. The lowest BCUT2D eigenvalue weighted by Gasteiger charge is -2.17. The van der Waals surface area contributed by atoms with Gasteiger partial charge in [0.25, 0.3) is 0 Å². The van der Waals surface area contributed by atoms with E-state index in [0.29, 0.717) is 17.0 Å². The summed E-state index contributed by atoms with van der Waals surface area (Å²) in [7, 11) is 1.58. The molecule has 4 nitrogen and oxygen atoms in total. The SMILES string of the molecule is COc1cccc(NC(C(=O)O)c2ccc(Br)c(C)c2)c1. The molecule has 2 aromatic rings. The maximum absolute atomic E-state index is 11.5. The highest BCUT2D eigenvalue weighted by atomic mass is 79.9. The Bertz CT molecular complexity index is 658. The number of halogens is 1. The Morgan fingerprint density at radius 1 is 1.29 bits per heavy atom. The van der Waals surface area contributed by atoms with Gasteiger partial charge in [0, 0.05) is 16.2 Å². The standard InChI is InChI=1S/C16H16BrNO3/c1-10-8-11(6-7-14(10)17)15(16(19)20)18-12-4-3-5-13(9-12)21-2/h3-9,15,18H,1-2H3,(H,19,20). The maximum atomic E-state index is 11.5. The van der Waals surface area contributed by atoms with Crippen LogP contribution in [-0.4, -0.2) is 18.2 Å². The second-order valence-corrected chi connectivity index (χ2v) is 5.51. The number of rotatable bonds is 5. The minimum atomic E-state index is -0.931. The van der Waals surface area contributed by atoms with Gasteiger partial charge in [0.1, 0.15) is 5.75 Å². The molecular formula is C16H16BrNO3. The summed E-state index contributed by atoms with van der Waals surface area (Å²) in [6.07, 6.45) is 0. The highest BCUT2D eigenvalue weighted by Crippen LogP contribution is 2.26. The van der Waals surface area contributed by atoms with Crippen LogP contribution in [0.25, 0.3) is 0 Å². The molecule has 0 heterocycles. The van der Waals surface area contributed by atoms with E-state index in [2.05, 4.69) is 21.2 Å². The molecule has 0 bridgehead atoms. The molecule has 0 saturated heterocycles. The van der Waals surface area contributed by atoms with Gasteiger partial charge in [-0.3, -0.25) is 0 Å². The largest absolute Gasteiger partial charge is 0.497 e. The normalized spacial score (nSPS) is 11.8. The summed E-state index contributed by atoms with van der Waals surface area (Å²) >= 11 is 3.42. The van der Waals surface area contributed by atoms with E-state index < -0.39 is 12.0 Å². The van der Waals surface area contributed by atoms with Crippen molar-refractivity contribution in [1.82, 2.24) is 0 Å². The molecule has 1 atom stereocenters. The van der Waals surface area contributed by atoms with E-state index in [0.717, 1.165) is 10.0 Å². The molecule has 0 aromatic heterocycles. The van der Waals surface area contributed by atoms with Crippen molar-refractivity contribution < 1.29 is 14.6 Å². The summed E-state index contributed by atoms with van der Waals surface area (Å²) in [5, 5.41) is 12.5. The Morgan fingerprint density at radius 2 is 2.05 bits per heavy atom. The van der Waals surface area contributed by atoms with Crippen molar-refractivity contribution in [2.45, 2.75) is 13.0 Å². The topological polar surface area (TPSA) is 58.6 Å². The van der Waals surface area contributed by atoms with Gasteiger partial charge < -0.3 is 15.2 Å². The number of carbonyl (C=O) groups is 1. The number of carboxylic acids is 1. The second-order valence-electron chi connectivity index (χ2n) is 4.66. The average molecular weight is 350 g/mol. The number of ether oxygens (including phenoxy) is 1. The summed E-state index contributed by atoms with van der Waals surface area (Å²) in [4.78, 5) is 11.5. The van der Waals surface area contributed by atoms with E-state index >= 15 is 0 Å². The molecule has 0 saturated carbocycles. The molecule has 21 heavy (non-hydrogen) atoms. The van der Waals surface area contributed by atoms with Crippen LogP contribution in [0.15, 0.2) is 46.9 Å². The van der Waals surface area contributed by atoms with Crippen LogP contribution in [0.3, 0.4) is 0 Å². The lowest BCUT2D eigenvalue weighted by molar-refractivity contribution is -0.138. The Balaban J connectivity index is 2.30. The second kappa shape index (κ2) is 6.63. The van der Waals surface area contributed by atoms with Gasteiger partial charge in [-0.05, 0) is 36.2 Å². The third-order valence-corrected chi connectivity index (χ3v) is 4.03. The molecule has 2 N–H and O–H groups in total. The number of aryl methyl sites for hydroxylation is 1. The van der Waals surface area contributed by atoms with Crippen LogP contribution < -0.4 is 10.1 Å². The van der Waals surface area contributed by atoms with E-state index in [1.807, 2.05) is 37.3 Å². The summed E-state index contributed by atoms with van der Waals surface area (Å²) in [5.74, 6) is -0.254. The van der Waals surface area contributed by atoms with Crippen molar-refractivity contribution in [3.05, 3.63) is 58.1 Å². The Hall–Kier alpha value is -2.01. The molecule has 110 valence electrons. The van der Waals surface area contributed by atoms with Gasteiger partial charge in [0.15, 0.2) is 6.04 Å². The lowest BCUT2D eigenvalue weighted by Crippen LogP contribution is -2.20. The van der Waals surface area contributed by atoms with Crippen molar-refractivity contribution in [3.63, 3.8) is 0 Å². The highest BCUT2D eigenvalue weighted by molar-refractivity contribution is 9.10. The smallest absolute Gasteiger partial charge is 0.330 e. The van der Waals surface area contributed by atoms with Gasteiger partial charge in [0.2, 0.25) is 0 Å². The van der Waals surface area contributed by atoms with Crippen molar-refractivity contribution in [1.29, 1.82) is 0 Å². The molecule has 2 rings (SSSR count). The number of carboxylic acid groups (broad SMARTS) is 1. The predicted octanol–water partition coefficient (Wildman–Crippen LogP) is 4.00. The third-order valence-electron chi connectivity index (χ3n) is 3.14. The minimum Gasteiger partial charge on any atom is -0.497 e. The fourth-order valence-corrected chi connectivity index (χ4v) is 2.26. The maximum Gasteiger partial charge on any atom is 0.330 e. The van der Waals surface area contributed by atoms with Crippen LogP contribution in [0.5, 0.6) is 5.75 Å². The molecule has 0 aliphatic heterocycles. The van der Waals surface area contributed by atoms with E-state index in [4.69, 9.17) is 4.74 Å². The van der Waals surface area contributed by atoms with Gasteiger partial charge in [-0.15, -0.1) is 0 Å². The van der Waals surface area contributed by atoms with Crippen molar-refractivity contribution in [2.24, 2.45) is 0 Å². The van der Waals surface area contributed by atoms with E-state index in [1.165, 1.54) is 0 Å². The fraction of sp³-hybridized carbons (Fsp3) is 0.188. The van der Waals surface area contributed by atoms with Gasteiger partial charge in [0.05, 0.1) is 7.11 Å². The van der Waals surface area contributed by atoms with Gasteiger partial charge in [-0.25, -0.2) is 4.79 Å². The molecule has 0 aliphatic rings. The number of methoxy groups -OCH3 is 1. The molecule has 1 unspecified atom stereocenters. The lowest BCUT2D eigenvalue weighted by atomic mass is 10.0. The zero-order valence-corrected chi connectivity index (χ0v) is 13.3. The van der Waals surface area contributed by atoms with Gasteiger partial charge in [-0.2, -0.15) is 0 Å². The Labute approximate surface area is 131 Å². The van der Waals surface area contributed by atoms with E-state index in [-0.39, 0.29) is 0 Å². The van der Waals surface area contributed by atoms with Crippen LogP contribution >= 0.6 is 15.9 Å². The van der Waals surface area contributed by atoms with Crippen molar-refractivity contribution in [3.8, 4) is 5.75 Å². The number of nitrogens with one attached hydrogen (secondary N) is 1. The highest BCUT2D eigenvalue weighted by Gasteiger charge is 2.20. The number of anilines is 1. The van der Waals surface area contributed by atoms with Crippen LogP contribution in [0.2, 0.25) is 0 Å². The first kappa shape index (κ1) is 15.4. The zero-order valence-electron chi connectivity index (χ0n) is 11.8. The Morgan fingerprint density at radius 3 is 2.67 bits per heavy atom. The number of hydrogen-bond donors (Lipinski definition) is 2. The van der Waals surface area contributed by atoms with Crippen molar-refractivity contribution >= 4 is 27.6 Å². The quantitative estimate of drug-likeness (QED) is 0.856. The number of aliphatic carboxylic acids is 1. The Kier molecular flexibility index (Phi) is 4.85. The van der Waals surface area contributed by atoms with E-state index in [9.17, 15) is 9.90 Å². The van der Waals surface area contributed by atoms with E-state index in [1.54, 1.807) is 19.2 Å². The average Bonchev–Trinajstić information content (AvgIpc) is 2.47.